The van der Waals surface area contributed by atoms with Gasteiger partial charge in [0.05, 0.1) is 5.41 Å². The predicted molar refractivity (Wildman–Crippen MR) is 76.0 cm³/mol. The minimum atomic E-state index is -0.844. The van der Waals surface area contributed by atoms with Gasteiger partial charge in [0.2, 0.25) is 0 Å². The number of urea groups is 1. The van der Waals surface area contributed by atoms with Crippen LogP contribution in [0.3, 0.4) is 0 Å². The van der Waals surface area contributed by atoms with E-state index in [0.717, 1.165) is 12.8 Å². The lowest BCUT2D eigenvalue weighted by molar-refractivity contribution is -0.150. The molecule has 0 radical (unpaired) electrons. The lowest BCUT2D eigenvalue weighted by Gasteiger charge is -2.38. The molecular weight excluding hydrogens is 280 g/mol. The van der Waals surface area contributed by atoms with Crippen LogP contribution in [0.15, 0.2) is 0 Å². The number of hydrogen-bond acceptors (Lipinski definition) is 3. The van der Waals surface area contributed by atoms with Gasteiger partial charge in [-0.3, -0.25) is 9.00 Å². The molecule has 2 heterocycles. The number of hydrogen-bond donors (Lipinski definition) is 2. The molecule has 0 saturated carbocycles. The largest absolute Gasteiger partial charge is 0.481 e. The third-order valence-corrected chi connectivity index (χ3v) is 5.60. The Morgan fingerprint density at radius 3 is 2.60 bits per heavy atom. The molecule has 2 saturated heterocycles. The van der Waals surface area contributed by atoms with Gasteiger partial charge in [0, 0.05) is 41.4 Å². The maximum absolute atomic E-state index is 12.2. The van der Waals surface area contributed by atoms with E-state index in [9.17, 15) is 18.9 Å². The van der Waals surface area contributed by atoms with Crippen molar-refractivity contribution >= 4 is 22.8 Å². The molecule has 1 atom stereocenters. The summed E-state index contributed by atoms with van der Waals surface area (Å²) in [5, 5.41) is 12.2. The average Bonchev–Trinajstić information content (AvgIpc) is 2.41. The fourth-order valence-electron chi connectivity index (χ4n) is 2.79. The molecule has 2 fully saturated rings. The van der Waals surface area contributed by atoms with Gasteiger partial charge in [0.25, 0.3) is 0 Å². The number of likely N-dealkylation sites (tertiary alicyclic amines) is 1. The zero-order valence-corrected chi connectivity index (χ0v) is 12.6. The second kappa shape index (κ2) is 6.11. The minimum absolute atomic E-state index is 0.0678. The lowest BCUT2D eigenvalue weighted by atomic mass is 9.82. The van der Waals surface area contributed by atoms with Crippen LogP contribution in [-0.4, -0.2) is 56.9 Å². The number of carboxylic acid groups (broad SMARTS) is 1. The molecule has 0 aromatic rings. The van der Waals surface area contributed by atoms with E-state index in [1.165, 1.54) is 0 Å². The quantitative estimate of drug-likeness (QED) is 0.789. The van der Waals surface area contributed by atoms with E-state index in [4.69, 9.17) is 0 Å². The summed E-state index contributed by atoms with van der Waals surface area (Å²) in [6, 6.07) is -0.118. The van der Waals surface area contributed by atoms with E-state index in [-0.39, 0.29) is 18.6 Å². The summed E-state index contributed by atoms with van der Waals surface area (Å²) in [5.74, 6) is 0.429. The summed E-state index contributed by atoms with van der Waals surface area (Å²) in [6.45, 7) is 2.55. The molecule has 114 valence electrons. The van der Waals surface area contributed by atoms with E-state index < -0.39 is 22.2 Å². The number of carbonyl (C=O) groups is 2. The first kappa shape index (κ1) is 15.3. The average molecular weight is 302 g/mol. The molecule has 2 amide bonds. The van der Waals surface area contributed by atoms with Gasteiger partial charge in [0.15, 0.2) is 0 Å². The minimum Gasteiger partial charge on any atom is -0.481 e. The van der Waals surface area contributed by atoms with E-state index in [2.05, 4.69) is 5.32 Å². The molecule has 2 aliphatic heterocycles. The summed E-state index contributed by atoms with van der Waals surface area (Å²) in [5.41, 5.74) is -0.844. The number of nitrogens with zero attached hydrogens (tertiary/aromatic N) is 1. The molecule has 1 unspecified atom stereocenters. The van der Waals surface area contributed by atoms with Gasteiger partial charge < -0.3 is 15.3 Å². The molecule has 0 spiro atoms. The Labute approximate surface area is 121 Å². The normalized spacial score (nSPS) is 34.5. The molecule has 6 nitrogen and oxygen atoms in total. The number of nitrogens with one attached hydrogen (secondary N) is 1. The summed E-state index contributed by atoms with van der Waals surface area (Å²) >= 11 is 0. The Kier molecular flexibility index (Phi) is 4.67. The lowest BCUT2D eigenvalue weighted by Crippen LogP contribution is -2.53. The Balaban J connectivity index is 1.89. The highest BCUT2D eigenvalue weighted by Gasteiger charge is 2.39. The van der Waals surface area contributed by atoms with E-state index in [0.29, 0.717) is 30.9 Å². The van der Waals surface area contributed by atoms with Crippen molar-refractivity contribution in [2.75, 3.05) is 24.6 Å². The summed E-state index contributed by atoms with van der Waals surface area (Å²) < 4.78 is 11.3. The van der Waals surface area contributed by atoms with Crippen LogP contribution < -0.4 is 5.32 Å². The number of aliphatic carboxylic acids is 1. The molecule has 0 aromatic carbocycles. The Morgan fingerprint density at radius 2 is 2.00 bits per heavy atom. The van der Waals surface area contributed by atoms with Crippen LogP contribution in [0.4, 0.5) is 4.79 Å². The Morgan fingerprint density at radius 1 is 1.35 bits per heavy atom. The molecule has 7 heteroatoms. The highest BCUT2D eigenvalue weighted by Crippen LogP contribution is 2.29. The second-order valence-electron chi connectivity index (χ2n) is 5.96. The van der Waals surface area contributed by atoms with Crippen molar-refractivity contribution in [3.63, 3.8) is 0 Å². The number of amides is 2. The monoisotopic (exact) mass is 302 g/mol. The van der Waals surface area contributed by atoms with Gasteiger partial charge in [0.1, 0.15) is 0 Å². The van der Waals surface area contributed by atoms with Gasteiger partial charge in [-0.25, -0.2) is 4.79 Å². The molecule has 0 aliphatic carbocycles. The SMILES string of the molecule is CC1(C(=O)O)CCCN(C(=O)NC2CCS(=O)CC2)C1. The third-order valence-electron chi connectivity index (χ3n) is 4.22. The van der Waals surface area contributed by atoms with E-state index in [1.807, 2.05) is 0 Å². The highest BCUT2D eigenvalue weighted by atomic mass is 32.2. The summed E-state index contributed by atoms with van der Waals surface area (Å²) in [7, 11) is -0.742. The fraction of sp³-hybridized carbons (Fsp3) is 0.846. The van der Waals surface area contributed by atoms with Crippen LogP contribution in [0.25, 0.3) is 0 Å². The van der Waals surface area contributed by atoms with Crippen LogP contribution >= 0.6 is 0 Å². The molecular formula is C13H22N2O4S. The van der Waals surface area contributed by atoms with E-state index >= 15 is 0 Å². The van der Waals surface area contributed by atoms with Crippen molar-refractivity contribution in [3.8, 4) is 0 Å². The smallest absolute Gasteiger partial charge is 0.317 e. The zero-order chi connectivity index (χ0) is 14.8. The maximum atomic E-state index is 12.2. The highest BCUT2D eigenvalue weighted by molar-refractivity contribution is 7.85. The zero-order valence-electron chi connectivity index (χ0n) is 11.8. The number of rotatable bonds is 2. The molecule has 0 aromatic heterocycles. The predicted octanol–water partition coefficient (Wildman–Crippen LogP) is 0.794. The van der Waals surface area contributed by atoms with Crippen molar-refractivity contribution in [3.05, 3.63) is 0 Å². The molecule has 20 heavy (non-hydrogen) atoms. The first-order chi connectivity index (χ1) is 9.40. The van der Waals surface area contributed by atoms with Crippen LogP contribution in [0.2, 0.25) is 0 Å². The van der Waals surface area contributed by atoms with Crippen molar-refractivity contribution in [2.45, 2.75) is 38.6 Å². The van der Waals surface area contributed by atoms with Gasteiger partial charge >= 0.3 is 12.0 Å². The van der Waals surface area contributed by atoms with Gasteiger partial charge in [-0.1, -0.05) is 0 Å². The summed E-state index contributed by atoms with van der Waals surface area (Å²) in [4.78, 5) is 25.1. The van der Waals surface area contributed by atoms with Crippen molar-refractivity contribution in [1.29, 1.82) is 0 Å². The molecule has 2 aliphatic rings. The van der Waals surface area contributed by atoms with Crippen molar-refractivity contribution in [2.24, 2.45) is 5.41 Å². The number of carboxylic acids is 1. The Bertz CT molecular complexity index is 419. The van der Waals surface area contributed by atoms with Crippen molar-refractivity contribution in [1.82, 2.24) is 10.2 Å². The number of piperidine rings is 1. The van der Waals surface area contributed by atoms with Gasteiger partial charge in [-0.15, -0.1) is 0 Å². The van der Waals surface area contributed by atoms with Crippen LogP contribution in [0, 0.1) is 5.41 Å². The molecule has 2 N–H and O–H groups in total. The van der Waals surface area contributed by atoms with Gasteiger partial charge in [-0.2, -0.15) is 0 Å². The summed E-state index contributed by atoms with van der Waals surface area (Å²) in [6.07, 6.45) is 2.80. The Hall–Kier alpha value is -1.11. The van der Waals surface area contributed by atoms with Crippen molar-refractivity contribution < 1.29 is 18.9 Å². The standard InChI is InChI=1S/C13H22N2O4S/c1-13(11(16)17)5-2-6-15(9-13)12(18)14-10-3-7-20(19)8-4-10/h10H,2-9H2,1H3,(H,14,18)(H,16,17). The first-order valence-electron chi connectivity index (χ1n) is 7.04. The van der Waals surface area contributed by atoms with E-state index in [1.54, 1.807) is 11.8 Å². The number of carbonyl (C=O) groups excluding carboxylic acids is 1. The molecule has 0 bridgehead atoms. The first-order valence-corrected chi connectivity index (χ1v) is 8.53. The third kappa shape index (κ3) is 3.50. The van der Waals surface area contributed by atoms with Crippen LogP contribution in [0.1, 0.15) is 32.6 Å². The van der Waals surface area contributed by atoms with Gasteiger partial charge in [-0.05, 0) is 32.6 Å². The molecule has 2 rings (SSSR count). The topological polar surface area (TPSA) is 86.7 Å². The second-order valence-corrected chi connectivity index (χ2v) is 7.66. The fourth-order valence-corrected chi connectivity index (χ4v) is 4.09. The van der Waals surface area contributed by atoms with Crippen LogP contribution in [0.5, 0.6) is 0 Å². The van der Waals surface area contributed by atoms with Crippen LogP contribution in [-0.2, 0) is 15.6 Å². The maximum Gasteiger partial charge on any atom is 0.317 e.